The van der Waals surface area contributed by atoms with E-state index in [4.69, 9.17) is 0 Å². The van der Waals surface area contributed by atoms with Gasteiger partial charge in [-0.3, -0.25) is 9.59 Å². The molecule has 0 unspecified atom stereocenters. The van der Waals surface area contributed by atoms with Crippen LogP contribution in [-0.2, 0) is 9.59 Å². The summed E-state index contributed by atoms with van der Waals surface area (Å²) in [6.07, 6.45) is 0.413. The molecule has 4 nitrogen and oxygen atoms in total. The van der Waals surface area contributed by atoms with E-state index in [2.05, 4.69) is 17.9 Å². The quantitative estimate of drug-likeness (QED) is 0.561. The van der Waals surface area contributed by atoms with Gasteiger partial charge in [0.15, 0.2) is 0 Å². The molecule has 1 rings (SSSR count). The summed E-state index contributed by atoms with van der Waals surface area (Å²) in [4.78, 5) is 23.7. The van der Waals surface area contributed by atoms with Gasteiger partial charge in [0, 0.05) is 19.5 Å². The van der Waals surface area contributed by atoms with E-state index in [1.165, 1.54) is 0 Å². The zero-order chi connectivity index (χ0) is 8.97. The van der Waals surface area contributed by atoms with E-state index in [9.17, 15) is 9.59 Å². The Balaban J connectivity index is 2.40. The first-order valence-electron chi connectivity index (χ1n) is 3.89. The van der Waals surface area contributed by atoms with Crippen LogP contribution in [0.5, 0.6) is 0 Å². The van der Waals surface area contributed by atoms with Gasteiger partial charge in [-0.2, -0.15) is 12.6 Å². The van der Waals surface area contributed by atoms with Crippen molar-refractivity contribution >= 4 is 24.4 Å². The second-order valence-corrected chi connectivity index (χ2v) is 3.09. The molecule has 1 saturated heterocycles. The highest BCUT2D eigenvalue weighted by Crippen LogP contribution is 1.98. The van der Waals surface area contributed by atoms with Crippen LogP contribution in [0.25, 0.3) is 0 Å². The number of hydrogen-bond donors (Lipinski definition) is 2. The van der Waals surface area contributed by atoms with E-state index in [1.54, 1.807) is 4.90 Å². The summed E-state index contributed by atoms with van der Waals surface area (Å²) in [5.41, 5.74) is 0. The maximum atomic E-state index is 11.2. The largest absolute Gasteiger partial charge is 0.353 e. The third kappa shape index (κ3) is 2.41. The molecule has 0 aromatic heterocycles. The number of nitrogens with zero attached hydrogens (tertiary/aromatic N) is 1. The van der Waals surface area contributed by atoms with Gasteiger partial charge in [-0.25, -0.2) is 0 Å². The van der Waals surface area contributed by atoms with Gasteiger partial charge in [0.1, 0.15) is 0 Å². The average Bonchev–Trinajstić information content (AvgIpc) is 2.05. The lowest BCUT2D eigenvalue weighted by Crippen LogP contribution is -2.50. The molecular formula is C7H12N2O2S. The highest BCUT2D eigenvalue weighted by Gasteiger charge is 2.19. The van der Waals surface area contributed by atoms with Crippen LogP contribution in [0.4, 0.5) is 0 Å². The fourth-order valence-corrected chi connectivity index (χ4v) is 1.30. The fraction of sp³-hybridized carbons (Fsp3) is 0.714. The number of piperazine rings is 1. The van der Waals surface area contributed by atoms with Gasteiger partial charge in [0.2, 0.25) is 11.8 Å². The van der Waals surface area contributed by atoms with Crippen LogP contribution in [-0.4, -0.2) is 42.1 Å². The molecule has 0 bridgehead atoms. The van der Waals surface area contributed by atoms with Crippen molar-refractivity contribution in [3.05, 3.63) is 0 Å². The number of hydrogen-bond acceptors (Lipinski definition) is 3. The molecule has 0 spiro atoms. The van der Waals surface area contributed by atoms with Crippen LogP contribution < -0.4 is 5.32 Å². The summed E-state index contributed by atoms with van der Waals surface area (Å²) in [7, 11) is 0. The third-order valence-electron chi connectivity index (χ3n) is 1.72. The molecule has 1 fully saturated rings. The lowest BCUT2D eigenvalue weighted by Gasteiger charge is -2.26. The van der Waals surface area contributed by atoms with Crippen molar-refractivity contribution in [3.8, 4) is 0 Å². The number of nitrogens with one attached hydrogen (secondary N) is 1. The minimum absolute atomic E-state index is 0.0138. The second-order valence-electron chi connectivity index (χ2n) is 2.64. The molecule has 1 N–H and O–H groups in total. The van der Waals surface area contributed by atoms with Crippen LogP contribution in [0.3, 0.4) is 0 Å². The summed E-state index contributed by atoms with van der Waals surface area (Å²) < 4.78 is 0. The summed E-state index contributed by atoms with van der Waals surface area (Å²) in [5.74, 6) is 0.477. The van der Waals surface area contributed by atoms with Gasteiger partial charge in [0.25, 0.3) is 0 Å². The van der Waals surface area contributed by atoms with E-state index < -0.39 is 0 Å². The van der Waals surface area contributed by atoms with Crippen LogP contribution in [0.15, 0.2) is 0 Å². The van der Waals surface area contributed by atoms with Gasteiger partial charge >= 0.3 is 0 Å². The van der Waals surface area contributed by atoms with Crippen LogP contribution in [0.1, 0.15) is 6.42 Å². The Bertz CT molecular complexity index is 196. The average molecular weight is 188 g/mol. The van der Waals surface area contributed by atoms with Crippen LogP contribution in [0, 0.1) is 0 Å². The fourth-order valence-electron chi connectivity index (χ4n) is 1.11. The van der Waals surface area contributed by atoms with Gasteiger partial charge in [0.05, 0.1) is 6.54 Å². The predicted molar refractivity (Wildman–Crippen MR) is 48.1 cm³/mol. The van der Waals surface area contributed by atoms with Crippen LogP contribution >= 0.6 is 12.6 Å². The Morgan fingerprint density at radius 1 is 1.67 bits per heavy atom. The molecule has 0 aromatic rings. The minimum atomic E-state index is -0.0752. The number of thiol groups is 1. The molecule has 12 heavy (non-hydrogen) atoms. The highest BCUT2D eigenvalue weighted by molar-refractivity contribution is 7.80. The summed E-state index contributed by atoms with van der Waals surface area (Å²) in [6, 6.07) is 0. The van der Waals surface area contributed by atoms with Gasteiger partial charge in [-0.1, -0.05) is 0 Å². The smallest absolute Gasteiger partial charge is 0.239 e. The third-order valence-corrected chi connectivity index (χ3v) is 1.94. The monoisotopic (exact) mass is 188 g/mol. The van der Waals surface area contributed by atoms with Gasteiger partial charge < -0.3 is 10.2 Å². The number of carbonyl (C=O) groups excluding carboxylic acids is 2. The molecule has 0 aromatic carbocycles. The molecule has 2 amide bonds. The van der Waals surface area contributed by atoms with Gasteiger partial charge in [-0.05, 0) is 5.75 Å². The first-order valence-corrected chi connectivity index (χ1v) is 4.52. The lowest BCUT2D eigenvalue weighted by molar-refractivity contribution is -0.137. The first kappa shape index (κ1) is 9.38. The van der Waals surface area contributed by atoms with E-state index in [0.29, 0.717) is 25.3 Å². The van der Waals surface area contributed by atoms with Crippen molar-refractivity contribution in [3.63, 3.8) is 0 Å². The Kier molecular flexibility index (Phi) is 3.40. The Morgan fingerprint density at radius 3 is 3.00 bits per heavy atom. The van der Waals surface area contributed by atoms with Crippen molar-refractivity contribution in [1.82, 2.24) is 10.2 Å². The van der Waals surface area contributed by atoms with E-state index in [1.807, 2.05) is 0 Å². The van der Waals surface area contributed by atoms with Gasteiger partial charge in [-0.15, -0.1) is 0 Å². The topological polar surface area (TPSA) is 49.4 Å². The predicted octanol–water partition coefficient (Wildman–Crippen LogP) is -0.735. The molecule has 68 valence electrons. The van der Waals surface area contributed by atoms with Crippen molar-refractivity contribution in [2.75, 3.05) is 25.4 Å². The maximum Gasteiger partial charge on any atom is 0.239 e. The first-order chi connectivity index (χ1) is 5.74. The Hall–Kier alpha value is -0.710. The molecular weight excluding hydrogens is 176 g/mol. The SMILES string of the molecule is O=C1CN(C(=O)CCS)CCN1. The van der Waals surface area contributed by atoms with Crippen molar-refractivity contribution in [2.45, 2.75) is 6.42 Å². The van der Waals surface area contributed by atoms with E-state index >= 15 is 0 Å². The molecule has 0 saturated carbocycles. The van der Waals surface area contributed by atoms with Crippen molar-refractivity contribution in [1.29, 1.82) is 0 Å². The van der Waals surface area contributed by atoms with E-state index in [0.717, 1.165) is 0 Å². The van der Waals surface area contributed by atoms with Crippen LogP contribution in [0.2, 0.25) is 0 Å². The Labute approximate surface area is 76.7 Å². The molecule has 0 radical (unpaired) electrons. The molecule has 0 atom stereocenters. The Morgan fingerprint density at radius 2 is 2.42 bits per heavy atom. The highest BCUT2D eigenvalue weighted by atomic mass is 32.1. The molecule has 1 aliphatic heterocycles. The standard InChI is InChI=1S/C7H12N2O2S/c10-6-5-9(3-2-8-6)7(11)1-4-12/h12H,1-5H2,(H,8,10). The normalized spacial score (nSPS) is 17.4. The molecule has 0 aliphatic carbocycles. The number of amides is 2. The maximum absolute atomic E-state index is 11.2. The van der Waals surface area contributed by atoms with Crippen molar-refractivity contribution in [2.24, 2.45) is 0 Å². The summed E-state index contributed by atoms with van der Waals surface area (Å²) in [6.45, 7) is 1.39. The molecule has 1 heterocycles. The number of rotatable bonds is 2. The minimum Gasteiger partial charge on any atom is -0.353 e. The second kappa shape index (κ2) is 4.35. The molecule has 5 heteroatoms. The molecule has 1 aliphatic rings. The zero-order valence-corrected chi connectivity index (χ0v) is 7.64. The zero-order valence-electron chi connectivity index (χ0n) is 6.75. The lowest BCUT2D eigenvalue weighted by atomic mass is 10.3. The summed E-state index contributed by atoms with van der Waals surface area (Å²) >= 11 is 3.95. The van der Waals surface area contributed by atoms with E-state index in [-0.39, 0.29) is 18.4 Å². The summed E-state index contributed by atoms with van der Waals surface area (Å²) in [5, 5.41) is 2.66. The van der Waals surface area contributed by atoms with Crippen molar-refractivity contribution < 1.29 is 9.59 Å². The number of carbonyl (C=O) groups is 2.